The summed E-state index contributed by atoms with van der Waals surface area (Å²) in [7, 11) is 1.78. The maximum atomic E-state index is 6.34. The van der Waals surface area contributed by atoms with E-state index >= 15 is 0 Å². The first-order valence-corrected chi connectivity index (χ1v) is 8.18. The molecule has 1 aromatic carbocycles. The lowest BCUT2D eigenvalue weighted by molar-refractivity contribution is 0.0206. The second kappa shape index (κ2) is 8.02. The zero-order valence-electron chi connectivity index (χ0n) is 13.2. The summed E-state index contributed by atoms with van der Waals surface area (Å²) in [5.74, 6) is 0.900. The molecule has 0 aliphatic heterocycles. The summed E-state index contributed by atoms with van der Waals surface area (Å²) >= 11 is 6.34. The van der Waals surface area contributed by atoms with Gasteiger partial charge in [0.2, 0.25) is 0 Å². The molecule has 21 heavy (non-hydrogen) atoms. The fraction of sp³-hybridized carbons (Fsp3) is 0.647. The fourth-order valence-electron chi connectivity index (χ4n) is 2.73. The molecule has 0 saturated heterocycles. The van der Waals surface area contributed by atoms with E-state index in [0.717, 1.165) is 48.6 Å². The number of halogens is 1. The quantitative estimate of drug-likeness (QED) is 0.855. The van der Waals surface area contributed by atoms with Gasteiger partial charge in [-0.2, -0.15) is 0 Å². The van der Waals surface area contributed by atoms with E-state index in [1.165, 1.54) is 0 Å². The lowest BCUT2D eigenvalue weighted by atomic mass is 9.95. The monoisotopic (exact) mass is 311 g/mol. The van der Waals surface area contributed by atoms with Crippen LogP contribution < -0.4 is 10.1 Å². The van der Waals surface area contributed by atoms with Crippen LogP contribution >= 0.6 is 11.6 Å². The highest BCUT2D eigenvalue weighted by atomic mass is 35.5. The Kier molecular flexibility index (Phi) is 6.34. The van der Waals surface area contributed by atoms with E-state index in [2.05, 4.69) is 19.2 Å². The van der Waals surface area contributed by atoms with E-state index in [-0.39, 0.29) is 6.10 Å². The van der Waals surface area contributed by atoms with Gasteiger partial charge in [-0.05, 0) is 31.4 Å². The van der Waals surface area contributed by atoms with Crippen molar-refractivity contribution < 1.29 is 9.47 Å². The van der Waals surface area contributed by atoms with Crippen molar-refractivity contribution in [2.75, 3.05) is 7.11 Å². The van der Waals surface area contributed by atoms with Crippen molar-refractivity contribution in [3.8, 4) is 5.75 Å². The van der Waals surface area contributed by atoms with Gasteiger partial charge in [0, 0.05) is 36.7 Å². The minimum absolute atomic E-state index is 0.222. The Bertz CT molecular complexity index is 450. The number of benzene rings is 1. The Labute approximate surface area is 133 Å². The number of nitrogens with one attached hydrogen (secondary N) is 1. The van der Waals surface area contributed by atoms with Gasteiger partial charge in [0.25, 0.3) is 0 Å². The highest BCUT2D eigenvalue weighted by Crippen LogP contribution is 2.31. The molecule has 2 rings (SSSR count). The van der Waals surface area contributed by atoms with Crippen molar-refractivity contribution in [2.45, 2.75) is 64.3 Å². The summed E-state index contributed by atoms with van der Waals surface area (Å²) in [5, 5.41) is 4.17. The molecule has 118 valence electrons. The van der Waals surface area contributed by atoms with Crippen LogP contribution in [-0.4, -0.2) is 25.4 Å². The molecule has 0 bridgehead atoms. The van der Waals surface area contributed by atoms with E-state index in [1.807, 2.05) is 18.2 Å². The van der Waals surface area contributed by atoms with Crippen molar-refractivity contribution in [3.05, 3.63) is 28.8 Å². The molecule has 0 aromatic heterocycles. The minimum Gasteiger partial charge on any atom is -0.490 e. The molecule has 2 atom stereocenters. The van der Waals surface area contributed by atoms with Crippen LogP contribution in [0.4, 0.5) is 0 Å². The first-order valence-electron chi connectivity index (χ1n) is 7.80. The Balaban J connectivity index is 2.06. The van der Waals surface area contributed by atoms with Crippen LogP contribution in [-0.2, 0) is 11.3 Å². The molecular weight excluding hydrogens is 286 g/mol. The van der Waals surface area contributed by atoms with Crippen LogP contribution in [0.5, 0.6) is 5.75 Å². The smallest absolute Gasteiger partial charge is 0.125 e. The number of hydrogen-bond donors (Lipinski definition) is 1. The SMILES string of the molecule is COC1CCCC(Oc2cccc(Cl)c2CNC(C)C)C1. The molecule has 0 radical (unpaired) electrons. The summed E-state index contributed by atoms with van der Waals surface area (Å²) in [6.45, 7) is 4.98. The summed E-state index contributed by atoms with van der Waals surface area (Å²) in [4.78, 5) is 0. The molecule has 1 aliphatic carbocycles. The molecule has 1 N–H and O–H groups in total. The maximum absolute atomic E-state index is 6.34. The van der Waals surface area contributed by atoms with E-state index in [0.29, 0.717) is 12.1 Å². The predicted molar refractivity (Wildman–Crippen MR) is 87.1 cm³/mol. The van der Waals surface area contributed by atoms with E-state index in [4.69, 9.17) is 21.1 Å². The second-order valence-corrected chi connectivity index (χ2v) is 6.42. The number of methoxy groups -OCH3 is 1. The Hall–Kier alpha value is -0.770. The van der Waals surface area contributed by atoms with E-state index in [1.54, 1.807) is 7.11 Å². The third kappa shape index (κ3) is 4.87. The van der Waals surface area contributed by atoms with Crippen molar-refractivity contribution >= 4 is 11.6 Å². The number of ether oxygens (including phenoxy) is 2. The largest absolute Gasteiger partial charge is 0.490 e. The van der Waals surface area contributed by atoms with Gasteiger partial charge in [0.15, 0.2) is 0 Å². The first-order chi connectivity index (χ1) is 10.1. The zero-order chi connectivity index (χ0) is 15.2. The van der Waals surface area contributed by atoms with Crippen molar-refractivity contribution in [2.24, 2.45) is 0 Å². The molecule has 0 heterocycles. The van der Waals surface area contributed by atoms with Gasteiger partial charge in [-0.3, -0.25) is 0 Å². The average molecular weight is 312 g/mol. The zero-order valence-corrected chi connectivity index (χ0v) is 14.0. The topological polar surface area (TPSA) is 30.5 Å². The van der Waals surface area contributed by atoms with E-state index in [9.17, 15) is 0 Å². The van der Waals surface area contributed by atoms with Gasteiger partial charge >= 0.3 is 0 Å². The fourth-order valence-corrected chi connectivity index (χ4v) is 2.96. The van der Waals surface area contributed by atoms with Gasteiger partial charge in [0.05, 0.1) is 6.10 Å². The Morgan fingerprint density at radius 2 is 2.05 bits per heavy atom. The molecule has 1 saturated carbocycles. The minimum atomic E-state index is 0.222. The van der Waals surface area contributed by atoms with Crippen molar-refractivity contribution in [3.63, 3.8) is 0 Å². The maximum Gasteiger partial charge on any atom is 0.125 e. The normalized spacial score (nSPS) is 22.5. The lowest BCUT2D eigenvalue weighted by Gasteiger charge is -2.29. The Morgan fingerprint density at radius 3 is 2.76 bits per heavy atom. The third-order valence-corrected chi connectivity index (χ3v) is 4.32. The second-order valence-electron chi connectivity index (χ2n) is 6.02. The molecule has 2 unspecified atom stereocenters. The van der Waals surface area contributed by atoms with Gasteiger partial charge in [-0.1, -0.05) is 31.5 Å². The number of hydrogen-bond acceptors (Lipinski definition) is 3. The summed E-state index contributed by atoms with van der Waals surface area (Å²) < 4.78 is 11.7. The lowest BCUT2D eigenvalue weighted by Crippen LogP contribution is -2.30. The van der Waals surface area contributed by atoms with E-state index < -0.39 is 0 Å². The average Bonchev–Trinajstić information content (AvgIpc) is 2.46. The predicted octanol–water partition coefficient (Wildman–Crippen LogP) is 4.17. The van der Waals surface area contributed by atoms with Crippen LogP contribution in [0.15, 0.2) is 18.2 Å². The summed E-state index contributed by atoms with van der Waals surface area (Å²) in [6.07, 6.45) is 4.88. The molecule has 1 aromatic rings. The van der Waals surface area contributed by atoms with Crippen LogP contribution in [0.3, 0.4) is 0 Å². The van der Waals surface area contributed by atoms with Crippen LogP contribution in [0, 0.1) is 0 Å². The van der Waals surface area contributed by atoms with Crippen molar-refractivity contribution in [1.29, 1.82) is 0 Å². The van der Waals surface area contributed by atoms with Gasteiger partial charge in [0.1, 0.15) is 11.9 Å². The van der Waals surface area contributed by atoms with Gasteiger partial charge in [-0.25, -0.2) is 0 Å². The molecule has 4 heteroatoms. The molecular formula is C17H26ClNO2. The summed E-state index contributed by atoms with van der Waals surface area (Å²) in [5.41, 5.74) is 1.05. The van der Waals surface area contributed by atoms with Crippen LogP contribution in [0.1, 0.15) is 45.1 Å². The summed E-state index contributed by atoms with van der Waals surface area (Å²) in [6, 6.07) is 6.30. The highest BCUT2D eigenvalue weighted by molar-refractivity contribution is 6.31. The standard InChI is InChI=1S/C17H26ClNO2/c1-12(2)19-11-15-16(18)8-5-9-17(15)21-14-7-4-6-13(10-14)20-3/h5,8-9,12-14,19H,4,6-7,10-11H2,1-3H3. The molecule has 0 spiro atoms. The number of rotatable bonds is 6. The van der Waals surface area contributed by atoms with Crippen LogP contribution in [0.25, 0.3) is 0 Å². The molecule has 1 fully saturated rings. The molecule has 1 aliphatic rings. The van der Waals surface area contributed by atoms with Gasteiger partial charge in [-0.15, -0.1) is 0 Å². The molecule has 0 amide bonds. The first kappa shape index (κ1) is 16.6. The highest BCUT2D eigenvalue weighted by Gasteiger charge is 2.24. The van der Waals surface area contributed by atoms with Gasteiger partial charge < -0.3 is 14.8 Å². The third-order valence-electron chi connectivity index (χ3n) is 3.97. The Morgan fingerprint density at radius 1 is 1.29 bits per heavy atom. The van der Waals surface area contributed by atoms with Crippen LogP contribution in [0.2, 0.25) is 5.02 Å². The molecule has 3 nitrogen and oxygen atoms in total. The van der Waals surface area contributed by atoms with Crippen molar-refractivity contribution in [1.82, 2.24) is 5.32 Å².